The van der Waals surface area contributed by atoms with Gasteiger partial charge >= 0.3 is 6.03 Å². The molecule has 2 aromatic rings. The van der Waals surface area contributed by atoms with Crippen molar-refractivity contribution >= 4 is 16.9 Å². The lowest BCUT2D eigenvalue weighted by molar-refractivity contribution is 0.180. The fourth-order valence-corrected chi connectivity index (χ4v) is 3.20. The van der Waals surface area contributed by atoms with Gasteiger partial charge in [0.2, 0.25) is 0 Å². The van der Waals surface area contributed by atoms with Crippen molar-refractivity contribution in [2.45, 2.75) is 37.6 Å². The molecule has 110 valence electrons. The Hall–Kier alpha value is -1.97. The number of piperidine rings is 1. The number of fused-ring (bicyclic) bond motifs is 1. The molecule has 4 heteroatoms. The number of carbonyl (C=O) groups excluding carboxylic acids is 1. The van der Waals surface area contributed by atoms with Crippen LogP contribution in [0.4, 0.5) is 4.79 Å². The fraction of sp³-hybridized carbons (Fsp3) is 0.471. The molecular formula is C17H21N3O. The van der Waals surface area contributed by atoms with Gasteiger partial charge in [-0.1, -0.05) is 18.2 Å². The minimum atomic E-state index is 0.132. The van der Waals surface area contributed by atoms with Gasteiger partial charge in [0.15, 0.2) is 0 Å². The molecule has 1 aromatic heterocycles. The molecule has 2 aliphatic rings. The van der Waals surface area contributed by atoms with E-state index in [-0.39, 0.29) is 6.03 Å². The van der Waals surface area contributed by atoms with Crippen LogP contribution in [0.5, 0.6) is 0 Å². The SMILES string of the molecule is O=C(NC1CC1)N1CCC(c2cc3ccccc3[nH]2)CC1. The van der Waals surface area contributed by atoms with E-state index in [4.69, 9.17) is 0 Å². The van der Waals surface area contributed by atoms with Gasteiger partial charge in [-0.15, -0.1) is 0 Å². The molecule has 21 heavy (non-hydrogen) atoms. The van der Waals surface area contributed by atoms with Crippen LogP contribution < -0.4 is 5.32 Å². The molecule has 1 aliphatic heterocycles. The number of para-hydroxylation sites is 1. The predicted molar refractivity (Wildman–Crippen MR) is 83.4 cm³/mol. The molecule has 4 nitrogen and oxygen atoms in total. The van der Waals surface area contributed by atoms with Crippen LogP contribution in [0, 0.1) is 0 Å². The van der Waals surface area contributed by atoms with Crippen molar-refractivity contribution in [2.24, 2.45) is 0 Å². The number of likely N-dealkylation sites (tertiary alicyclic amines) is 1. The van der Waals surface area contributed by atoms with Crippen molar-refractivity contribution in [1.82, 2.24) is 15.2 Å². The van der Waals surface area contributed by atoms with Crippen LogP contribution in [0.25, 0.3) is 10.9 Å². The highest BCUT2D eigenvalue weighted by molar-refractivity contribution is 5.80. The zero-order chi connectivity index (χ0) is 14.2. The summed E-state index contributed by atoms with van der Waals surface area (Å²) in [6.45, 7) is 1.72. The topological polar surface area (TPSA) is 48.1 Å². The van der Waals surface area contributed by atoms with E-state index in [1.807, 2.05) is 4.90 Å². The maximum atomic E-state index is 12.0. The van der Waals surface area contributed by atoms with Gasteiger partial charge in [0.25, 0.3) is 0 Å². The molecule has 1 saturated carbocycles. The largest absolute Gasteiger partial charge is 0.358 e. The number of rotatable bonds is 2. The summed E-state index contributed by atoms with van der Waals surface area (Å²) in [6.07, 6.45) is 4.39. The van der Waals surface area contributed by atoms with E-state index in [1.54, 1.807) is 0 Å². The quantitative estimate of drug-likeness (QED) is 0.873. The summed E-state index contributed by atoms with van der Waals surface area (Å²) in [5.74, 6) is 0.544. The normalized spacial score (nSPS) is 19.9. The highest BCUT2D eigenvalue weighted by Gasteiger charge is 2.29. The number of aromatic amines is 1. The van der Waals surface area contributed by atoms with Crippen LogP contribution in [-0.4, -0.2) is 35.0 Å². The van der Waals surface area contributed by atoms with Crippen molar-refractivity contribution in [3.05, 3.63) is 36.0 Å². The highest BCUT2D eigenvalue weighted by atomic mass is 16.2. The third kappa shape index (κ3) is 2.62. The van der Waals surface area contributed by atoms with Crippen LogP contribution >= 0.6 is 0 Å². The summed E-state index contributed by atoms with van der Waals surface area (Å²) in [6, 6.07) is 11.2. The summed E-state index contributed by atoms with van der Waals surface area (Å²) >= 11 is 0. The van der Waals surface area contributed by atoms with E-state index in [0.717, 1.165) is 38.8 Å². The molecule has 2 fully saturated rings. The average Bonchev–Trinajstić information content (AvgIpc) is 3.22. The van der Waals surface area contributed by atoms with Gasteiger partial charge in [-0.25, -0.2) is 4.79 Å². The third-order valence-corrected chi connectivity index (χ3v) is 4.68. The van der Waals surface area contributed by atoms with Gasteiger partial charge in [0.05, 0.1) is 0 Å². The lowest BCUT2D eigenvalue weighted by Crippen LogP contribution is -2.44. The molecule has 0 spiro atoms. The second-order valence-electron chi connectivity index (χ2n) is 6.30. The zero-order valence-electron chi connectivity index (χ0n) is 12.1. The molecule has 1 aliphatic carbocycles. The lowest BCUT2D eigenvalue weighted by atomic mass is 9.94. The number of aromatic nitrogens is 1. The van der Waals surface area contributed by atoms with Crippen molar-refractivity contribution in [1.29, 1.82) is 0 Å². The molecule has 0 bridgehead atoms. The number of H-pyrrole nitrogens is 1. The third-order valence-electron chi connectivity index (χ3n) is 4.68. The van der Waals surface area contributed by atoms with Gasteiger partial charge in [-0.05, 0) is 43.2 Å². The molecule has 0 radical (unpaired) electrons. The molecule has 2 heterocycles. The standard InChI is InChI=1S/C17H21N3O/c21-17(18-14-5-6-14)20-9-7-12(8-10-20)16-11-13-3-1-2-4-15(13)19-16/h1-4,11-12,14,19H,5-10H2,(H,18,21). The fourth-order valence-electron chi connectivity index (χ4n) is 3.20. The summed E-state index contributed by atoms with van der Waals surface area (Å²) < 4.78 is 0. The lowest BCUT2D eigenvalue weighted by Gasteiger charge is -2.31. The highest BCUT2D eigenvalue weighted by Crippen LogP contribution is 2.30. The molecule has 4 rings (SSSR count). The van der Waals surface area contributed by atoms with Crippen LogP contribution in [0.2, 0.25) is 0 Å². The molecule has 0 unspecified atom stereocenters. The smallest absolute Gasteiger partial charge is 0.317 e. The number of hydrogen-bond acceptors (Lipinski definition) is 1. The minimum Gasteiger partial charge on any atom is -0.358 e. The summed E-state index contributed by atoms with van der Waals surface area (Å²) in [5, 5.41) is 4.36. The number of carbonyl (C=O) groups is 1. The van der Waals surface area contributed by atoms with Crippen molar-refractivity contribution in [3.8, 4) is 0 Å². The Balaban J connectivity index is 1.41. The number of nitrogens with zero attached hydrogens (tertiary/aromatic N) is 1. The van der Waals surface area contributed by atoms with E-state index in [9.17, 15) is 4.79 Å². The van der Waals surface area contributed by atoms with Gasteiger partial charge < -0.3 is 15.2 Å². The summed E-state index contributed by atoms with van der Waals surface area (Å²) in [5.41, 5.74) is 2.53. The number of nitrogens with one attached hydrogen (secondary N) is 2. The van der Waals surface area contributed by atoms with Crippen molar-refractivity contribution < 1.29 is 4.79 Å². The Morgan fingerprint density at radius 1 is 1.14 bits per heavy atom. The van der Waals surface area contributed by atoms with Crippen LogP contribution in [0.1, 0.15) is 37.3 Å². The van der Waals surface area contributed by atoms with Crippen molar-refractivity contribution in [2.75, 3.05) is 13.1 Å². The second kappa shape index (κ2) is 5.10. The number of hydrogen-bond donors (Lipinski definition) is 2. The van der Waals surface area contributed by atoms with E-state index < -0.39 is 0 Å². The first-order valence-corrected chi connectivity index (χ1v) is 7.93. The zero-order valence-corrected chi connectivity index (χ0v) is 12.1. The summed E-state index contributed by atoms with van der Waals surface area (Å²) in [4.78, 5) is 17.5. The first-order chi connectivity index (χ1) is 10.3. The predicted octanol–water partition coefficient (Wildman–Crippen LogP) is 3.22. The van der Waals surface area contributed by atoms with E-state index >= 15 is 0 Å². The van der Waals surface area contributed by atoms with Gasteiger partial charge in [0, 0.05) is 36.3 Å². The average molecular weight is 283 g/mol. The monoisotopic (exact) mass is 283 g/mol. The van der Waals surface area contributed by atoms with Crippen molar-refractivity contribution in [3.63, 3.8) is 0 Å². The molecular weight excluding hydrogens is 262 g/mol. The molecule has 2 amide bonds. The first kappa shape index (κ1) is 12.7. The second-order valence-corrected chi connectivity index (χ2v) is 6.30. The first-order valence-electron chi connectivity index (χ1n) is 7.93. The van der Waals surface area contributed by atoms with Gasteiger partial charge in [-0.2, -0.15) is 0 Å². The number of amides is 2. The molecule has 2 N–H and O–H groups in total. The number of benzene rings is 1. The van der Waals surface area contributed by atoms with Crippen LogP contribution in [-0.2, 0) is 0 Å². The van der Waals surface area contributed by atoms with E-state index in [2.05, 4.69) is 40.6 Å². The van der Waals surface area contributed by atoms with Crippen LogP contribution in [0.15, 0.2) is 30.3 Å². The van der Waals surface area contributed by atoms with Crippen LogP contribution in [0.3, 0.4) is 0 Å². The number of urea groups is 1. The van der Waals surface area contributed by atoms with Gasteiger partial charge in [0.1, 0.15) is 0 Å². The molecule has 1 saturated heterocycles. The Labute approximate surface area is 124 Å². The Kier molecular flexibility index (Phi) is 3.09. The van der Waals surface area contributed by atoms with Gasteiger partial charge in [-0.3, -0.25) is 0 Å². The van der Waals surface area contributed by atoms with E-state index in [0.29, 0.717) is 12.0 Å². The maximum Gasteiger partial charge on any atom is 0.317 e. The Morgan fingerprint density at radius 3 is 2.62 bits per heavy atom. The maximum absolute atomic E-state index is 12.0. The summed E-state index contributed by atoms with van der Waals surface area (Å²) in [7, 11) is 0. The Bertz CT molecular complexity index is 618. The minimum absolute atomic E-state index is 0.132. The molecule has 1 aromatic carbocycles. The Morgan fingerprint density at radius 2 is 1.90 bits per heavy atom. The van der Waals surface area contributed by atoms with E-state index in [1.165, 1.54) is 16.6 Å². The molecule has 0 atom stereocenters.